The highest BCUT2D eigenvalue weighted by Gasteiger charge is 2.20. The van der Waals surface area contributed by atoms with Gasteiger partial charge in [-0.1, -0.05) is 6.92 Å². The fourth-order valence-electron chi connectivity index (χ4n) is 2.90. The first kappa shape index (κ1) is 16.5. The molecule has 0 amide bonds. The molecule has 0 N–H and O–H groups in total. The fraction of sp³-hybridized carbons (Fsp3) is 0.667. The fourth-order valence-corrected chi connectivity index (χ4v) is 2.90. The van der Waals surface area contributed by atoms with Crippen molar-refractivity contribution in [3.63, 3.8) is 0 Å². The smallest absolute Gasteiger partial charge is 0.328 e. The molecule has 0 spiro atoms. The molecule has 2 aromatic heterocycles. The van der Waals surface area contributed by atoms with Crippen LogP contribution < -0.4 is 11.2 Å². The lowest BCUT2D eigenvalue weighted by Gasteiger charge is -2.31. The van der Waals surface area contributed by atoms with Crippen molar-refractivity contribution in [3.05, 3.63) is 27.2 Å². The van der Waals surface area contributed by atoms with Gasteiger partial charge in [-0.25, -0.2) is 9.78 Å². The normalized spacial score (nSPS) is 13.7. The summed E-state index contributed by atoms with van der Waals surface area (Å²) in [5.74, 6) is 0.397. The Balaban J connectivity index is 2.42. The summed E-state index contributed by atoms with van der Waals surface area (Å²) in [5, 5.41) is 0. The molecule has 122 valence electrons. The highest BCUT2D eigenvalue weighted by Crippen LogP contribution is 2.12. The number of fused-ring (bicyclic) bond motifs is 1. The van der Waals surface area contributed by atoms with E-state index in [4.69, 9.17) is 0 Å². The van der Waals surface area contributed by atoms with Crippen LogP contribution in [0.15, 0.2) is 15.9 Å². The van der Waals surface area contributed by atoms with Gasteiger partial charge < -0.3 is 9.05 Å². The third kappa shape index (κ3) is 2.85. The second kappa shape index (κ2) is 5.72. The zero-order chi connectivity index (χ0) is 16.7. The van der Waals surface area contributed by atoms with Gasteiger partial charge in [0.2, 0.25) is 0 Å². The summed E-state index contributed by atoms with van der Waals surface area (Å²) in [6.07, 6.45) is 1.66. The van der Waals surface area contributed by atoms with Crippen LogP contribution in [0.1, 0.15) is 13.8 Å². The number of aromatic nitrogens is 4. The van der Waals surface area contributed by atoms with Gasteiger partial charge in [0.25, 0.3) is 5.56 Å². The van der Waals surface area contributed by atoms with E-state index in [1.54, 1.807) is 13.4 Å². The van der Waals surface area contributed by atoms with Crippen molar-refractivity contribution < 1.29 is 4.48 Å². The van der Waals surface area contributed by atoms with Crippen LogP contribution >= 0.6 is 0 Å². The highest BCUT2D eigenvalue weighted by atomic mass is 16.2. The van der Waals surface area contributed by atoms with Crippen LogP contribution in [0.4, 0.5) is 0 Å². The van der Waals surface area contributed by atoms with Gasteiger partial charge in [0.1, 0.15) is 0 Å². The molecule has 0 saturated carbocycles. The first-order chi connectivity index (χ1) is 10.2. The predicted molar refractivity (Wildman–Crippen MR) is 86.9 cm³/mol. The molecule has 7 heteroatoms. The molecule has 0 aliphatic carbocycles. The Bertz CT molecular complexity index is 797. The molecule has 7 nitrogen and oxygen atoms in total. The van der Waals surface area contributed by atoms with E-state index in [0.29, 0.717) is 23.6 Å². The Kier molecular flexibility index (Phi) is 4.28. The van der Waals surface area contributed by atoms with Crippen LogP contribution in [0, 0.1) is 5.92 Å². The maximum Gasteiger partial charge on any atom is 0.332 e. The average Bonchev–Trinajstić information content (AvgIpc) is 2.85. The van der Waals surface area contributed by atoms with Crippen molar-refractivity contribution in [1.82, 2.24) is 18.7 Å². The number of hydrogen-bond acceptors (Lipinski definition) is 3. The van der Waals surface area contributed by atoms with Crippen molar-refractivity contribution in [1.29, 1.82) is 0 Å². The Labute approximate surface area is 130 Å². The Morgan fingerprint density at radius 2 is 1.86 bits per heavy atom. The molecule has 0 saturated heterocycles. The molecular weight excluding hydrogens is 282 g/mol. The van der Waals surface area contributed by atoms with E-state index >= 15 is 0 Å². The van der Waals surface area contributed by atoms with E-state index in [1.807, 2.05) is 4.57 Å². The second-order valence-corrected chi connectivity index (χ2v) is 6.81. The van der Waals surface area contributed by atoms with Crippen LogP contribution in [0.5, 0.6) is 0 Å². The van der Waals surface area contributed by atoms with E-state index < -0.39 is 0 Å². The minimum atomic E-state index is -0.348. The minimum absolute atomic E-state index is 0.285. The van der Waals surface area contributed by atoms with Crippen LogP contribution in [-0.2, 0) is 20.6 Å². The van der Waals surface area contributed by atoms with Crippen molar-refractivity contribution >= 4 is 11.2 Å². The third-order valence-electron chi connectivity index (χ3n) is 4.39. The Morgan fingerprint density at radius 3 is 2.45 bits per heavy atom. The lowest BCUT2D eigenvalue weighted by atomic mass is 10.1. The zero-order valence-electron chi connectivity index (χ0n) is 14.3. The first-order valence-corrected chi connectivity index (χ1v) is 7.60. The SMILES string of the molecule is CC[N+](C)(C)CC(C)Cn1cnc2c1c(=O)n(C)c(=O)n2C. The molecule has 2 rings (SSSR count). The lowest BCUT2D eigenvalue weighted by molar-refractivity contribution is -0.891. The number of rotatable bonds is 5. The molecule has 0 aliphatic heterocycles. The molecule has 0 aliphatic rings. The molecule has 1 atom stereocenters. The third-order valence-corrected chi connectivity index (χ3v) is 4.39. The first-order valence-electron chi connectivity index (χ1n) is 7.60. The maximum atomic E-state index is 12.4. The van der Waals surface area contributed by atoms with Crippen molar-refractivity contribution in [2.45, 2.75) is 20.4 Å². The molecule has 2 aromatic rings. The van der Waals surface area contributed by atoms with Crippen molar-refractivity contribution in [2.75, 3.05) is 27.2 Å². The standard InChI is InChI=1S/C15H26N5O2/c1-7-20(5,6)9-11(2)8-19-10-16-13-12(19)14(21)18(4)15(22)17(13)3/h10-11H,7-9H2,1-6H3/q+1. The molecular formula is C15H26N5O2+. The van der Waals surface area contributed by atoms with Crippen LogP contribution in [-0.4, -0.2) is 50.4 Å². The summed E-state index contributed by atoms with van der Waals surface area (Å²) >= 11 is 0. The predicted octanol–water partition coefficient (Wildman–Crippen LogP) is 0.166. The molecule has 0 fully saturated rings. The molecule has 2 heterocycles. The van der Waals surface area contributed by atoms with Crippen molar-refractivity contribution in [3.8, 4) is 0 Å². The van der Waals surface area contributed by atoms with Gasteiger partial charge in [-0.3, -0.25) is 13.9 Å². The topological polar surface area (TPSA) is 61.8 Å². The van der Waals surface area contributed by atoms with Gasteiger partial charge >= 0.3 is 5.69 Å². The lowest BCUT2D eigenvalue weighted by Crippen LogP contribution is -2.43. The molecule has 1 unspecified atom stereocenters. The monoisotopic (exact) mass is 308 g/mol. The van der Waals surface area contributed by atoms with Gasteiger partial charge in [-0.2, -0.15) is 0 Å². The van der Waals surface area contributed by atoms with E-state index in [9.17, 15) is 9.59 Å². The van der Waals surface area contributed by atoms with E-state index in [-0.39, 0.29) is 11.2 Å². The summed E-state index contributed by atoms with van der Waals surface area (Å²) < 4.78 is 5.36. The maximum absolute atomic E-state index is 12.4. The summed E-state index contributed by atoms with van der Waals surface area (Å²) in [7, 11) is 7.54. The zero-order valence-corrected chi connectivity index (χ0v) is 14.3. The number of quaternary nitrogens is 1. The van der Waals surface area contributed by atoms with Crippen LogP contribution in [0.25, 0.3) is 11.2 Å². The summed E-state index contributed by atoms with van der Waals surface area (Å²) in [5.41, 5.74) is 0.314. The largest absolute Gasteiger partial charge is 0.332 e. The van der Waals surface area contributed by atoms with Gasteiger partial charge in [0, 0.05) is 26.6 Å². The summed E-state index contributed by atoms with van der Waals surface area (Å²) in [6, 6.07) is 0. The van der Waals surface area contributed by atoms with Gasteiger partial charge in [0.15, 0.2) is 11.2 Å². The van der Waals surface area contributed by atoms with E-state index in [0.717, 1.165) is 22.1 Å². The minimum Gasteiger partial charge on any atom is -0.328 e. The average molecular weight is 308 g/mol. The van der Waals surface area contributed by atoms with Gasteiger partial charge in [-0.05, 0) is 6.92 Å². The molecule has 0 radical (unpaired) electrons. The molecule has 0 bridgehead atoms. The van der Waals surface area contributed by atoms with Crippen LogP contribution in [0.3, 0.4) is 0 Å². The second-order valence-electron chi connectivity index (χ2n) is 6.81. The van der Waals surface area contributed by atoms with Gasteiger partial charge in [0.05, 0.1) is 33.5 Å². The number of imidazole rings is 1. The number of nitrogens with zero attached hydrogens (tertiary/aromatic N) is 5. The summed E-state index contributed by atoms with van der Waals surface area (Å²) in [4.78, 5) is 28.6. The highest BCUT2D eigenvalue weighted by molar-refractivity contribution is 5.69. The molecule has 22 heavy (non-hydrogen) atoms. The van der Waals surface area contributed by atoms with Crippen molar-refractivity contribution in [2.24, 2.45) is 20.0 Å². The van der Waals surface area contributed by atoms with E-state index in [1.165, 1.54) is 11.6 Å². The summed E-state index contributed by atoms with van der Waals surface area (Å²) in [6.45, 7) is 7.14. The Hall–Kier alpha value is -1.89. The van der Waals surface area contributed by atoms with Gasteiger partial charge in [-0.15, -0.1) is 0 Å². The quantitative estimate of drug-likeness (QED) is 0.740. The number of hydrogen-bond donors (Lipinski definition) is 0. The number of aryl methyl sites for hydroxylation is 1. The Morgan fingerprint density at radius 1 is 1.23 bits per heavy atom. The molecule has 0 aromatic carbocycles. The van der Waals surface area contributed by atoms with E-state index in [2.05, 4.69) is 32.9 Å². The van der Waals surface area contributed by atoms with Crippen LogP contribution in [0.2, 0.25) is 0 Å².